The van der Waals surface area contributed by atoms with Crippen molar-refractivity contribution in [3.05, 3.63) is 30.2 Å². The molecular formula is C15H21N3O2. The summed E-state index contributed by atoms with van der Waals surface area (Å²) in [5, 5.41) is 11.5. The molecule has 0 saturated heterocycles. The summed E-state index contributed by atoms with van der Waals surface area (Å²) in [4.78, 5) is 0. The molecule has 20 heavy (non-hydrogen) atoms. The molecule has 2 aromatic rings. The molecule has 0 saturated carbocycles. The van der Waals surface area contributed by atoms with Crippen molar-refractivity contribution in [2.45, 2.75) is 33.2 Å². The monoisotopic (exact) mass is 275 g/mol. The Hall–Kier alpha value is -1.88. The van der Waals surface area contributed by atoms with Gasteiger partial charge in [-0.1, -0.05) is 6.92 Å². The summed E-state index contributed by atoms with van der Waals surface area (Å²) >= 11 is 0. The van der Waals surface area contributed by atoms with E-state index in [0.717, 1.165) is 24.3 Å². The predicted molar refractivity (Wildman–Crippen MR) is 77.6 cm³/mol. The van der Waals surface area contributed by atoms with Crippen LogP contribution in [-0.4, -0.2) is 23.3 Å². The van der Waals surface area contributed by atoms with Crippen molar-refractivity contribution >= 4 is 0 Å². The van der Waals surface area contributed by atoms with E-state index >= 15 is 0 Å². The fourth-order valence-electron chi connectivity index (χ4n) is 1.83. The largest absolute Gasteiger partial charge is 0.494 e. The number of hydrogen-bond acceptors (Lipinski definition) is 5. The normalized spacial score (nSPS) is 12.3. The number of benzene rings is 1. The van der Waals surface area contributed by atoms with E-state index in [0.29, 0.717) is 18.4 Å². The molecule has 0 aliphatic heterocycles. The maximum atomic E-state index is 5.70. The first kappa shape index (κ1) is 14.5. The molecule has 1 heterocycles. The maximum Gasteiger partial charge on any atom is 0.247 e. The second-order valence-electron chi connectivity index (χ2n) is 4.58. The fourth-order valence-corrected chi connectivity index (χ4v) is 1.83. The van der Waals surface area contributed by atoms with Gasteiger partial charge >= 0.3 is 0 Å². The molecule has 108 valence electrons. The van der Waals surface area contributed by atoms with E-state index in [1.807, 2.05) is 38.1 Å². The van der Waals surface area contributed by atoms with Gasteiger partial charge in [0.2, 0.25) is 11.8 Å². The molecule has 0 amide bonds. The lowest BCUT2D eigenvalue weighted by molar-refractivity contribution is 0.340. The van der Waals surface area contributed by atoms with Crippen molar-refractivity contribution in [2.75, 3.05) is 13.2 Å². The molecule has 0 fully saturated rings. The summed E-state index contributed by atoms with van der Waals surface area (Å²) < 4.78 is 11.1. The Labute approximate surface area is 119 Å². The summed E-state index contributed by atoms with van der Waals surface area (Å²) in [5.41, 5.74) is 0.898. The third kappa shape index (κ3) is 3.57. The first-order valence-electron chi connectivity index (χ1n) is 7.04. The molecule has 0 spiro atoms. The van der Waals surface area contributed by atoms with Crippen LogP contribution in [0.1, 0.15) is 39.1 Å². The first-order chi connectivity index (χ1) is 9.74. The van der Waals surface area contributed by atoms with E-state index in [4.69, 9.17) is 9.15 Å². The summed E-state index contributed by atoms with van der Waals surface area (Å²) in [7, 11) is 0. The van der Waals surface area contributed by atoms with E-state index in [1.54, 1.807) is 0 Å². The Morgan fingerprint density at radius 3 is 2.60 bits per heavy atom. The van der Waals surface area contributed by atoms with Gasteiger partial charge in [0.1, 0.15) is 5.75 Å². The van der Waals surface area contributed by atoms with Crippen LogP contribution in [0.2, 0.25) is 0 Å². The summed E-state index contributed by atoms with van der Waals surface area (Å²) in [5.74, 6) is 1.99. The predicted octanol–water partition coefficient (Wildman–Crippen LogP) is 3.20. The number of nitrogens with zero attached hydrogens (tertiary/aromatic N) is 2. The van der Waals surface area contributed by atoms with Gasteiger partial charge in [0.25, 0.3) is 0 Å². The Bertz CT molecular complexity index is 522. The number of nitrogens with one attached hydrogen (secondary N) is 1. The number of hydrogen-bond donors (Lipinski definition) is 1. The highest BCUT2D eigenvalue weighted by Gasteiger charge is 2.14. The topological polar surface area (TPSA) is 60.2 Å². The van der Waals surface area contributed by atoms with Crippen LogP contribution in [-0.2, 0) is 0 Å². The molecule has 1 N–H and O–H groups in total. The lowest BCUT2D eigenvalue weighted by atomic mass is 10.2. The van der Waals surface area contributed by atoms with Crippen molar-refractivity contribution in [1.29, 1.82) is 0 Å². The molecule has 1 atom stereocenters. The van der Waals surface area contributed by atoms with Gasteiger partial charge in [0.15, 0.2) is 0 Å². The number of ether oxygens (including phenoxy) is 1. The summed E-state index contributed by atoms with van der Waals surface area (Å²) in [6.07, 6.45) is 1.07. The maximum absolute atomic E-state index is 5.70. The highest BCUT2D eigenvalue weighted by atomic mass is 16.5. The quantitative estimate of drug-likeness (QED) is 0.840. The van der Waals surface area contributed by atoms with Gasteiger partial charge in [-0.2, -0.15) is 0 Å². The molecule has 1 unspecified atom stereocenters. The number of rotatable bonds is 7. The van der Waals surface area contributed by atoms with Gasteiger partial charge in [-0.25, -0.2) is 0 Å². The van der Waals surface area contributed by atoms with Gasteiger partial charge in [-0.15, -0.1) is 10.2 Å². The zero-order chi connectivity index (χ0) is 14.4. The van der Waals surface area contributed by atoms with E-state index in [-0.39, 0.29) is 6.04 Å². The minimum absolute atomic E-state index is 0.0684. The zero-order valence-electron chi connectivity index (χ0n) is 12.2. The van der Waals surface area contributed by atoms with Crippen LogP contribution in [0.5, 0.6) is 5.75 Å². The lowest BCUT2D eigenvalue weighted by Crippen LogP contribution is -2.19. The summed E-state index contributed by atoms with van der Waals surface area (Å²) in [6, 6.07) is 7.72. The molecule has 5 heteroatoms. The molecule has 0 bridgehead atoms. The second-order valence-corrected chi connectivity index (χ2v) is 4.58. The van der Waals surface area contributed by atoms with Crippen LogP contribution in [0, 0.1) is 0 Å². The van der Waals surface area contributed by atoms with Crippen molar-refractivity contribution in [1.82, 2.24) is 15.5 Å². The standard InChI is InChI=1S/C15H21N3O2/c1-4-10-16-11(3)14-17-18-15(20-14)12-6-8-13(9-7-12)19-5-2/h6-9,11,16H,4-5,10H2,1-3H3. The molecule has 5 nitrogen and oxygen atoms in total. The van der Waals surface area contributed by atoms with Crippen LogP contribution < -0.4 is 10.1 Å². The smallest absolute Gasteiger partial charge is 0.247 e. The summed E-state index contributed by atoms with van der Waals surface area (Å²) in [6.45, 7) is 7.69. The Kier molecular flexibility index (Phi) is 5.12. The molecule has 1 aromatic heterocycles. The van der Waals surface area contributed by atoms with Crippen LogP contribution in [0.15, 0.2) is 28.7 Å². The third-order valence-electron chi connectivity index (χ3n) is 2.92. The average Bonchev–Trinajstić information content (AvgIpc) is 2.96. The first-order valence-corrected chi connectivity index (χ1v) is 7.04. The Morgan fingerprint density at radius 1 is 1.20 bits per heavy atom. The third-order valence-corrected chi connectivity index (χ3v) is 2.92. The lowest BCUT2D eigenvalue weighted by Gasteiger charge is -2.07. The SMILES string of the molecule is CCCNC(C)c1nnc(-c2ccc(OCC)cc2)o1. The zero-order valence-corrected chi connectivity index (χ0v) is 12.2. The van der Waals surface area contributed by atoms with Crippen LogP contribution >= 0.6 is 0 Å². The molecule has 0 aliphatic carbocycles. The van der Waals surface area contributed by atoms with Gasteiger partial charge in [-0.05, 0) is 51.1 Å². The van der Waals surface area contributed by atoms with Crippen molar-refractivity contribution < 1.29 is 9.15 Å². The van der Waals surface area contributed by atoms with Crippen molar-refractivity contribution in [2.24, 2.45) is 0 Å². The molecule has 0 aliphatic rings. The average molecular weight is 275 g/mol. The molecule has 0 radical (unpaired) electrons. The Morgan fingerprint density at radius 2 is 1.95 bits per heavy atom. The Balaban J connectivity index is 2.07. The van der Waals surface area contributed by atoms with Crippen LogP contribution in [0.3, 0.4) is 0 Å². The minimum Gasteiger partial charge on any atom is -0.494 e. The fraction of sp³-hybridized carbons (Fsp3) is 0.467. The van der Waals surface area contributed by atoms with Crippen molar-refractivity contribution in [3.63, 3.8) is 0 Å². The van der Waals surface area contributed by atoms with Crippen molar-refractivity contribution in [3.8, 4) is 17.2 Å². The minimum atomic E-state index is 0.0684. The van der Waals surface area contributed by atoms with E-state index < -0.39 is 0 Å². The molecule has 1 aromatic carbocycles. The van der Waals surface area contributed by atoms with Crippen LogP contribution in [0.25, 0.3) is 11.5 Å². The highest BCUT2D eigenvalue weighted by Crippen LogP contribution is 2.23. The molecule has 2 rings (SSSR count). The highest BCUT2D eigenvalue weighted by molar-refractivity contribution is 5.53. The van der Waals surface area contributed by atoms with Crippen LogP contribution in [0.4, 0.5) is 0 Å². The second kappa shape index (κ2) is 7.05. The van der Waals surface area contributed by atoms with E-state index in [1.165, 1.54) is 0 Å². The van der Waals surface area contributed by atoms with Gasteiger partial charge in [0.05, 0.1) is 12.6 Å². The van der Waals surface area contributed by atoms with E-state index in [9.17, 15) is 0 Å². The van der Waals surface area contributed by atoms with E-state index in [2.05, 4.69) is 22.4 Å². The number of aromatic nitrogens is 2. The van der Waals surface area contributed by atoms with Gasteiger partial charge in [-0.3, -0.25) is 0 Å². The van der Waals surface area contributed by atoms with Gasteiger partial charge < -0.3 is 14.5 Å². The van der Waals surface area contributed by atoms with Gasteiger partial charge in [0, 0.05) is 5.56 Å². The molecular weight excluding hydrogens is 254 g/mol.